The first-order valence-electron chi connectivity index (χ1n) is 12.1. The highest BCUT2D eigenvalue weighted by atomic mass is 16.2. The molecule has 1 amide bonds. The minimum absolute atomic E-state index is 0.0129. The molecule has 8 heteroatoms. The van der Waals surface area contributed by atoms with Gasteiger partial charge in [0, 0.05) is 24.4 Å². The molecule has 184 valence electrons. The number of aryl methyl sites for hydroxylation is 1. The molecular formula is C27H35N7O. The van der Waals surface area contributed by atoms with Crippen LogP contribution in [0.5, 0.6) is 0 Å². The number of amides is 1. The molecule has 0 aliphatic heterocycles. The van der Waals surface area contributed by atoms with Gasteiger partial charge in [-0.15, -0.1) is 0 Å². The summed E-state index contributed by atoms with van der Waals surface area (Å²) >= 11 is 0. The third-order valence-electron chi connectivity index (χ3n) is 6.82. The van der Waals surface area contributed by atoms with Gasteiger partial charge in [-0.3, -0.25) is 14.8 Å². The van der Waals surface area contributed by atoms with Crippen molar-refractivity contribution in [2.24, 2.45) is 0 Å². The summed E-state index contributed by atoms with van der Waals surface area (Å²) in [6.07, 6.45) is 3.55. The van der Waals surface area contributed by atoms with Crippen molar-refractivity contribution >= 4 is 11.6 Å². The number of hydrogen-bond acceptors (Lipinski definition) is 5. The molecule has 1 aromatic carbocycles. The zero-order chi connectivity index (χ0) is 25.3. The van der Waals surface area contributed by atoms with Gasteiger partial charge >= 0.3 is 0 Å². The molecule has 3 heterocycles. The van der Waals surface area contributed by atoms with Crippen molar-refractivity contribution in [2.75, 3.05) is 27.2 Å². The Kier molecular flexibility index (Phi) is 7.03. The fourth-order valence-electron chi connectivity index (χ4n) is 4.40. The van der Waals surface area contributed by atoms with E-state index in [0.29, 0.717) is 6.54 Å². The summed E-state index contributed by atoms with van der Waals surface area (Å²) in [5.74, 6) is 0.384. The topological polar surface area (TPSA) is 82.4 Å². The molecule has 0 unspecified atom stereocenters. The Bertz CT molecular complexity index is 1320. The molecular weight excluding hydrogens is 438 g/mol. The summed E-state index contributed by atoms with van der Waals surface area (Å²) in [6, 6.07) is 10.5. The van der Waals surface area contributed by atoms with Gasteiger partial charge in [0.15, 0.2) is 5.65 Å². The summed E-state index contributed by atoms with van der Waals surface area (Å²) in [4.78, 5) is 20.8. The fraction of sp³-hybridized carbons (Fsp3) is 0.407. The predicted octanol–water partition coefficient (Wildman–Crippen LogP) is 4.69. The van der Waals surface area contributed by atoms with E-state index in [2.05, 4.69) is 73.2 Å². The molecule has 0 aliphatic rings. The van der Waals surface area contributed by atoms with Crippen LogP contribution in [0, 0.1) is 6.92 Å². The van der Waals surface area contributed by atoms with Crippen molar-refractivity contribution in [3.63, 3.8) is 0 Å². The van der Waals surface area contributed by atoms with Crippen LogP contribution in [0.15, 0.2) is 42.9 Å². The number of aromatic amines is 1. The second-order valence-corrected chi connectivity index (χ2v) is 9.59. The van der Waals surface area contributed by atoms with Crippen molar-refractivity contribution in [2.45, 2.75) is 46.6 Å². The second-order valence-electron chi connectivity index (χ2n) is 9.59. The predicted molar refractivity (Wildman–Crippen MR) is 139 cm³/mol. The molecule has 8 nitrogen and oxygen atoms in total. The molecule has 4 rings (SSSR count). The maximum absolute atomic E-state index is 12.6. The third-order valence-corrected chi connectivity index (χ3v) is 6.82. The summed E-state index contributed by atoms with van der Waals surface area (Å²) < 4.78 is 1.80. The van der Waals surface area contributed by atoms with E-state index in [0.717, 1.165) is 45.8 Å². The SMILES string of the molecule is CCN(C)CC(=O)N(C)[C@@H](C)c1ccc(-c2[nH]nc(-c3cc(C)c4ncnn4c3)c2C(C)C)cc1. The van der Waals surface area contributed by atoms with Crippen molar-refractivity contribution in [3.05, 3.63) is 59.5 Å². The molecule has 0 bridgehead atoms. The smallest absolute Gasteiger partial charge is 0.236 e. The lowest BCUT2D eigenvalue weighted by molar-refractivity contribution is -0.132. The van der Waals surface area contributed by atoms with Gasteiger partial charge in [0.1, 0.15) is 6.33 Å². The van der Waals surface area contributed by atoms with Gasteiger partial charge < -0.3 is 4.90 Å². The number of nitrogens with zero attached hydrogens (tertiary/aromatic N) is 6. The van der Waals surface area contributed by atoms with Crippen LogP contribution in [0.3, 0.4) is 0 Å². The monoisotopic (exact) mass is 473 g/mol. The molecule has 0 radical (unpaired) electrons. The number of pyridine rings is 1. The first-order chi connectivity index (χ1) is 16.7. The average molecular weight is 474 g/mol. The highest BCUT2D eigenvalue weighted by Crippen LogP contribution is 2.36. The van der Waals surface area contributed by atoms with Crippen LogP contribution in [0.1, 0.15) is 56.3 Å². The van der Waals surface area contributed by atoms with Crippen molar-refractivity contribution in [3.8, 4) is 22.5 Å². The molecule has 4 aromatic rings. The summed E-state index contributed by atoms with van der Waals surface area (Å²) in [7, 11) is 3.83. The maximum atomic E-state index is 12.6. The van der Waals surface area contributed by atoms with Gasteiger partial charge in [-0.05, 0) is 56.1 Å². The Morgan fingerprint density at radius 1 is 1.11 bits per heavy atom. The van der Waals surface area contributed by atoms with Crippen LogP contribution in [0.25, 0.3) is 28.2 Å². The van der Waals surface area contributed by atoms with Crippen LogP contribution in [-0.4, -0.2) is 67.7 Å². The van der Waals surface area contributed by atoms with E-state index in [4.69, 9.17) is 5.10 Å². The van der Waals surface area contributed by atoms with E-state index in [1.54, 1.807) is 10.8 Å². The molecule has 0 saturated heterocycles. The normalized spacial score (nSPS) is 12.6. The van der Waals surface area contributed by atoms with Crippen LogP contribution >= 0.6 is 0 Å². The standard InChI is InChI=1S/C27H35N7O/c1-8-32(6)15-23(35)33(7)19(5)20-9-11-21(12-10-20)25-24(17(2)3)26(31-30-25)22-13-18(4)27-28-16-29-34(27)14-22/h9-14,16-17,19H,8,15H2,1-7H3,(H,30,31)/t19-/m0/s1. The second kappa shape index (κ2) is 10.00. The molecule has 3 aromatic heterocycles. The van der Waals surface area contributed by atoms with E-state index in [1.807, 2.05) is 37.0 Å². The first-order valence-corrected chi connectivity index (χ1v) is 12.1. The van der Waals surface area contributed by atoms with E-state index in [1.165, 1.54) is 5.56 Å². The number of likely N-dealkylation sites (N-methyl/N-ethyl adjacent to an activating group) is 2. The minimum Gasteiger partial charge on any atom is -0.338 e. The van der Waals surface area contributed by atoms with Crippen molar-refractivity contribution < 1.29 is 4.79 Å². The van der Waals surface area contributed by atoms with Gasteiger partial charge in [-0.25, -0.2) is 9.50 Å². The van der Waals surface area contributed by atoms with E-state index >= 15 is 0 Å². The molecule has 1 atom stereocenters. The lowest BCUT2D eigenvalue weighted by Crippen LogP contribution is -2.37. The third kappa shape index (κ3) is 4.84. The van der Waals surface area contributed by atoms with Crippen LogP contribution in [0.4, 0.5) is 0 Å². The van der Waals surface area contributed by atoms with Gasteiger partial charge in [-0.2, -0.15) is 10.2 Å². The highest BCUT2D eigenvalue weighted by Gasteiger charge is 2.22. The number of H-pyrrole nitrogens is 1. The number of carbonyl (C=O) groups is 1. The molecule has 0 saturated carbocycles. The lowest BCUT2D eigenvalue weighted by atomic mass is 9.93. The van der Waals surface area contributed by atoms with Crippen LogP contribution in [-0.2, 0) is 4.79 Å². The molecule has 0 aliphatic carbocycles. The summed E-state index contributed by atoms with van der Waals surface area (Å²) in [5.41, 5.74) is 8.20. The van der Waals surface area contributed by atoms with Crippen LogP contribution in [0.2, 0.25) is 0 Å². The molecule has 1 N–H and O–H groups in total. The van der Waals surface area contributed by atoms with E-state index < -0.39 is 0 Å². The first kappa shape index (κ1) is 24.6. The number of hydrogen-bond donors (Lipinski definition) is 1. The van der Waals surface area contributed by atoms with Gasteiger partial charge in [0.05, 0.1) is 24.0 Å². The Morgan fingerprint density at radius 2 is 1.83 bits per heavy atom. The lowest BCUT2D eigenvalue weighted by Gasteiger charge is -2.27. The number of nitrogens with one attached hydrogen (secondary N) is 1. The fourth-order valence-corrected chi connectivity index (χ4v) is 4.40. The summed E-state index contributed by atoms with van der Waals surface area (Å²) in [5, 5.41) is 12.3. The Morgan fingerprint density at radius 3 is 2.49 bits per heavy atom. The maximum Gasteiger partial charge on any atom is 0.236 e. The highest BCUT2D eigenvalue weighted by molar-refractivity contribution is 5.79. The molecule has 0 fully saturated rings. The molecule has 35 heavy (non-hydrogen) atoms. The number of aromatic nitrogens is 5. The Balaban J connectivity index is 1.63. The van der Waals surface area contributed by atoms with Gasteiger partial charge in [0.25, 0.3) is 0 Å². The number of rotatable bonds is 8. The zero-order valence-electron chi connectivity index (χ0n) is 21.7. The summed E-state index contributed by atoms with van der Waals surface area (Å²) in [6.45, 7) is 11.8. The number of fused-ring (bicyclic) bond motifs is 1. The quantitative estimate of drug-likeness (QED) is 0.401. The Hall–Kier alpha value is -3.52. The molecule has 0 spiro atoms. The number of benzene rings is 1. The van der Waals surface area contributed by atoms with Gasteiger partial charge in [-0.1, -0.05) is 45.0 Å². The largest absolute Gasteiger partial charge is 0.338 e. The zero-order valence-corrected chi connectivity index (χ0v) is 21.7. The van der Waals surface area contributed by atoms with Crippen LogP contribution < -0.4 is 0 Å². The Labute approximate surface area is 207 Å². The minimum atomic E-state index is -0.0129. The van der Waals surface area contributed by atoms with Crippen molar-refractivity contribution in [1.29, 1.82) is 0 Å². The van der Waals surface area contributed by atoms with Gasteiger partial charge in [0.2, 0.25) is 5.91 Å². The van der Waals surface area contributed by atoms with E-state index in [9.17, 15) is 4.79 Å². The van der Waals surface area contributed by atoms with E-state index in [-0.39, 0.29) is 17.9 Å². The average Bonchev–Trinajstić information content (AvgIpc) is 3.50. The van der Waals surface area contributed by atoms with Crippen molar-refractivity contribution in [1.82, 2.24) is 34.6 Å². The number of carbonyl (C=O) groups excluding carboxylic acids is 1.